The number of piperidine rings is 1. The Hall–Kier alpha value is -2.41. The summed E-state index contributed by atoms with van der Waals surface area (Å²) in [5, 5.41) is 3.58. The lowest BCUT2D eigenvalue weighted by Crippen LogP contribution is -2.60. The highest BCUT2D eigenvalue weighted by Crippen LogP contribution is 2.40. The van der Waals surface area contributed by atoms with Crippen molar-refractivity contribution in [3.63, 3.8) is 0 Å². The Labute approximate surface area is 203 Å². The van der Waals surface area contributed by atoms with E-state index in [2.05, 4.69) is 70.7 Å². The number of carbonyl (C=O) groups excluding carboxylic acids is 1. The molecule has 2 unspecified atom stereocenters. The van der Waals surface area contributed by atoms with Crippen LogP contribution in [-0.4, -0.2) is 86.2 Å². The maximum Gasteiger partial charge on any atom is 0.253 e. The summed E-state index contributed by atoms with van der Waals surface area (Å²) >= 11 is 0. The van der Waals surface area contributed by atoms with Gasteiger partial charge in [-0.15, -0.1) is 0 Å². The smallest absolute Gasteiger partial charge is 0.253 e. The number of nitrogens with one attached hydrogen (secondary N) is 1. The first-order valence-corrected chi connectivity index (χ1v) is 12.8. The first kappa shape index (κ1) is 23.3. The van der Waals surface area contributed by atoms with Crippen LogP contribution in [0.1, 0.15) is 30.4 Å². The minimum atomic E-state index is -0.457. The standard InChI is InChI=1S/C28H38N4O2/c1-30-18-20-32(21-19-30)28(23-9-4-3-5-10-23)14-16-31(17-15-28)27(33)26(34-2)25-13-12-22-8-6-7-11-24(22)29-25/h3-11,25-26,29H,12-21H2,1-2H3. The minimum Gasteiger partial charge on any atom is -0.379 e. The van der Waals surface area contributed by atoms with Crippen LogP contribution in [0.5, 0.6) is 0 Å². The molecule has 1 N–H and O–H groups in total. The SMILES string of the molecule is COC(C(=O)N1CCC(c2ccccc2)(N2CCN(C)CC2)CC1)C1CCc2ccccc2N1. The molecule has 6 nitrogen and oxygen atoms in total. The maximum atomic E-state index is 13.6. The quantitative estimate of drug-likeness (QED) is 0.740. The van der Waals surface area contributed by atoms with E-state index in [-0.39, 0.29) is 17.5 Å². The first-order valence-electron chi connectivity index (χ1n) is 12.8. The fourth-order valence-corrected chi connectivity index (χ4v) is 6.17. The van der Waals surface area contributed by atoms with Crippen LogP contribution in [0, 0.1) is 0 Å². The van der Waals surface area contributed by atoms with E-state index in [9.17, 15) is 4.79 Å². The zero-order chi connectivity index (χ0) is 23.5. The Morgan fingerprint density at radius 3 is 2.35 bits per heavy atom. The second-order valence-electron chi connectivity index (χ2n) is 10.1. The molecule has 0 spiro atoms. The van der Waals surface area contributed by atoms with Crippen LogP contribution >= 0.6 is 0 Å². The third-order valence-electron chi connectivity index (χ3n) is 8.27. The van der Waals surface area contributed by atoms with E-state index in [0.29, 0.717) is 0 Å². The van der Waals surface area contributed by atoms with E-state index in [4.69, 9.17) is 4.74 Å². The summed E-state index contributed by atoms with van der Waals surface area (Å²) in [5.74, 6) is 0.124. The Morgan fingerprint density at radius 2 is 1.65 bits per heavy atom. The molecule has 0 aliphatic carbocycles. The van der Waals surface area contributed by atoms with Gasteiger partial charge in [0.25, 0.3) is 5.91 Å². The lowest BCUT2D eigenvalue weighted by molar-refractivity contribution is -0.146. The minimum absolute atomic E-state index is 0.00387. The molecule has 182 valence electrons. The number of methoxy groups -OCH3 is 1. The van der Waals surface area contributed by atoms with Gasteiger partial charge >= 0.3 is 0 Å². The summed E-state index contributed by atoms with van der Waals surface area (Å²) in [7, 11) is 3.88. The highest BCUT2D eigenvalue weighted by molar-refractivity contribution is 5.82. The number of likely N-dealkylation sites (N-methyl/N-ethyl adjacent to an activating group) is 1. The molecule has 2 atom stereocenters. The second kappa shape index (κ2) is 10.1. The number of para-hydroxylation sites is 1. The van der Waals surface area contributed by atoms with E-state index in [1.165, 1.54) is 11.1 Å². The number of ether oxygens (including phenoxy) is 1. The number of nitrogens with zero attached hydrogens (tertiary/aromatic N) is 3. The van der Waals surface area contributed by atoms with E-state index in [1.807, 2.05) is 11.0 Å². The molecule has 0 bridgehead atoms. The van der Waals surface area contributed by atoms with E-state index in [1.54, 1.807) is 7.11 Å². The number of aryl methyl sites for hydroxylation is 1. The van der Waals surface area contributed by atoms with Crippen molar-refractivity contribution >= 4 is 11.6 Å². The highest BCUT2D eigenvalue weighted by Gasteiger charge is 2.44. The van der Waals surface area contributed by atoms with Crippen molar-refractivity contribution in [2.75, 3.05) is 58.7 Å². The molecule has 34 heavy (non-hydrogen) atoms. The molecule has 3 aliphatic heterocycles. The number of benzene rings is 2. The Balaban J connectivity index is 1.30. The Kier molecular flexibility index (Phi) is 6.91. The van der Waals surface area contributed by atoms with Crippen LogP contribution in [-0.2, 0) is 21.5 Å². The summed E-state index contributed by atoms with van der Waals surface area (Å²) in [6.45, 7) is 5.87. The van der Waals surface area contributed by atoms with Crippen LogP contribution in [0.15, 0.2) is 54.6 Å². The predicted molar refractivity (Wildman–Crippen MR) is 136 cm³/mol. The largest absolute Gasteiger partial charge is 0.379 e. The monoisotopic (exact) mass is 462 g/mol. The molecule has 0 aromatic heterocycles. The second-order valence-corrected chi connectivity index (χ2v) is 10.1. The van der Waals surface area contributed by atoms with Gasteiger partial charge in [0.2, 0.25) is 0 Å². The molecule has 3 heterocycles. The van der Waals surface area contributed by atoms with Crippen LogP contribution in [0.2, 0.25) is 0 Å². The average molecular weight is 463 g/mol. The number of carbonyl (C=O) groups is 1. The molecule has 1 amide bonds. The number of hydrogen-bond donors (Lipinski definition) is 1. The van der Waals surface area contributed by atoms with Gasteiger partial charge in [-0.3, -0.25) is 9.69 Å². The van der Waals surface area contributed by atoms with Crippen LogP contribution < -0.4 is 5.32 Å². The van der Waals surface area contributed by atoms with Crippen molar-refractivity contribution in [1.29, 1.82) is 0 Å². The number of hydrogen-bond acceptors (Lipinski definition) is 5. The number of rotatable bonds is 5. The third-order valence-corrected chi connectivity index (χ3v) is 8.27. The van der Waals surface area contributed by atoms with Crippen molar-refractivity contribution in [2.24, 2.45) is 0 Å². The van der Waals surface area contributed by atoms with Gasteiger partial charge in [-0.25, -0.2) is 0 Å². The van der Waals surface area contributed by atoms with E-state index < -0.39 is 6.10 Å². The van der Waals surface area contributed by atoms with Crippen LogP contribution in [0.3, 0.4) is 0 Å². The topological polar surface area (TPSA) is 48.1 Å². The normalized spacial score (nSPS) is 24.2. The van der Waals surface area contributed by atoms with Crippen LogP contribution in [0.25, 0.3) is 0 Å². The predicted octanol–water partition coefficient (Wildman–Crippen LogP) is 3.19. The van der Waals surface area contributed by atoms with Gasteiger partial charge in [0.1, 0.15) is 0 Å². The molecule has 6 heteroatoms. The molecule has 2 aromatic rings. The fourth-order valence-electron chi connectivity index (χ4n) is 6.17. The first-order chi connectivity index (χ1) is 16.6. The third kappa shape index (κ3) is 4.47. The maximum absolute atomic E-state index is 13.6. The summed E-state index contributed by atoms with van der Waals surface area (Å²) in [6.07, 6.45) is 3.35. The Morgan fingerprint density at radius 1 is 0.971 bits per heavy atom. The van der Waals surface area contributed by atoms with Gasteiger partial charge in [0.15, 0.2) is 6.10 Å². The van der Waals surface area contributed by atoms with Gasteiger partial charge in [0, 0.05) is 57.6 Å². The van der Waals surface area contributed by atoms with Gasteiger partial charge < -0.3 is 19.9 Å². The van der Waals surface area contributed by atoms with Crippen molar-refractivity contribution in [3.8, 4) is 0 Å². The van der Waals surface area contributed by atoms with Crippen LogP contribution in [0.4, 0.5) is 5.69 Å². The summed E-state index contributed by atoms with van der Waals surface area (Å²) < 4.78 is 5.81. The molecule has 0 radical (unpaired) electrons. The van der Waals surface area contributed by atoms with Gasteiger partial charge in [-0.2, -0.15) is 0 Å². The lowest BCUT2D eigenvalue weighted by Gasteiger charge is -2.52. The molecule has 2 aromatic carbocycles. The van der Waals surface area contributed by atoms with E-state index in [0.717, 1.165) is 70.6 Å². The van der Waals surface area contributed by atoms with Crippen molar-refractivity contribution in [2.45, 2.75) is 43.4 Å². The molecule has 2 fully saturated rings. The average Bonchev–Trinajstić information content (AvgIpc) is 2.90. The zero-order valence-corrected chi connectivity index (χ0v) is 20.6. The zero-order valence-electron chi connectivity index (χ0n) is 20.6. The van der Waals surface area contributed by atoms with E-state index >= 15 is 0 Å². The summed E-state index contributed by atoms with van der Waals surface area (Å²) in [6, 6.07) is 19.3. The molecule has 2 saturated heterocycles. The van der Waals surface area contributed by atoms with Crippen molar-refractivity contribution < 1.29 is 9.53 Å². The summed E-state index contributed by atoms with van der Waals surface area (Å²) in [4.78, 5) is 20.8. The summed E-state index contributed by atoms with van der Waals surface area (Å²) in [5.41, 5.74) is 3.84. The molecule has 0 saturated carbocycles. The molecular formula is C28H38N4O2. The van der Waals surface area contributed by atoms with Gasteiger partial charge in [-0.05, 0) is 49.9 Å². The molecule has 3 aliphatic rings. The van der Waals surface area contributed by atoms with Crippen molar-refractivity contribution in [3.05, 3.63) is 65.7 Å². The van der Waals surface area contributed by atoms with Gasteiger partial charge in [-0.1, -0.05) is 48.5 Å². The molecule has 5 rings (SSSR count). The number of piperazine rings is 1. The van der Waals surface area contributed by atoms with Crippen molar-refractivity contribution in [1.82, 2.24) is 14.7 Å². The fraction of sp³-hybridized carbons (Fsp3) is 0.536. The number of fused-ring (bicyclic) bond motifs is 1. The lowest BCUT2D eigenvalue weighted by atomic mass is 9.78. The number of likely N-dealkylation sites (tertiary alicyclic amines) is 1. The number of amides is 1. The van der Waals surface area contributed by atoms with Gasteiger partial charge in [0.05, 0.1) is 6.04 Å². The highest BCUT2D eigenvalue weighted by atomic mass is 16.5. The number of anilines is 1. The Bertz CT molecular complexity index is 965. The molecular weight excluding hydrogens is 424 g/mol.